The van der Waals surface area contributed by atoms with Crippen molar-refractivity contribution in [2.75, 3.05) is 26.1 Å². The van der Waals surface area contributed by atoms with Gasteiger partial charge < -0.3 is 20.1 Å². The van der Waals surface area contributed by atoms with Gasteiger partial charge in [0.25, 0.3) is 5.91 Å². The summed E-state index contributed by atoms with van der Waals surface area (Å²) in [7, 11) is 3.20. The van der Waals surface area contributed by atoms with Crippen molar-refractivity contribution in [2.45, 2.75) is 13.8 Å². The molecule has 2 aromatic rings. The number of benzene rings is 1. The number of nitrogens with zero attached hydrogens (tertiary/aromatic N) is 1. The average molecular weight is 329 g/mol. The van der Waals surface area contributed by atoms with Crippen LogP contribution in [0.25, 0.3) is 0 Å². The Kier molecular flexibility index (Phi) is 6.01. The Hall–Kier alpha value is -2.76. The fraction of sp³-hybridized carbons (Fsp3) is 0.333. The van der Waals surface area contributed by atoms with Crippen molar-refractivity contribution in [3.8, 4) is 11.5 Å². The third kappa shape index (κ3) is 4.62. The Morgan fingerprint density at radius 1 is 1.17 bits per heavy atom. The Bertz CT molecular complexity index is 702. The van der Waals surface area contributed by atoms with E-state index in [0.29, 0.717) is 35.2 Å². The second kappa shape index (κ2) is 8.19. The number of carbonyl (C=O) groups is 1. The minimum atomic E-state index is -0.141. The highest BCUT2D eigenvalue weighted by molar-refractivity contribution is 5.94. The quantitative estimate of drug-likeness (QED) is 0.816. The number of hydrogen-bond acceptors (Lipinski definition) is 5. The molecule has 0 aliphatic heterocycles. The third-order valence-corrected chi connectivity index (χ3v) is 3.36. The molecule has 1 heterocycles. The van der Waals surface area contributed by atoms with E-state index in [1.807, 2.05) is 32.0 Å². The smallest absolute Gasteiger partial charge is 0.252 e. The predicted molar refractivity (Wildman–Crippen MR) is 94.2 cm³/mol. The Morgan fingerprint density at radius 2 is 1.96 bits per heavy atom. The van der Waals surface area contributed by atoms with Crippen LogP contribution in [0.5, 0.6) is 11.5 Å². The molecule has 0 saturated carbocycles. The molecule has 1 aromatic heterocycles. The lowest BCUT2D eigenvalue weighted by Gasteiger charge is -2.13. The van der Waals surface area contributed by atoms with Crippen LogP contribution in [0, 0.1) is 5.92 Å². The highest BCUT2D eigenvalue weighted by Gasteiger charge is 2.10. The second-order valence-corrected chi connectivity index (χ2v) is 5.76. The molecule has 0 aliphatic carbocycles. The molecule has 24 heavy (non-hydrogen) atoms. The van der Waals surface area contributed by atoms with E-state index in [0.717, 1.165) is 5.69 Å². The van der Waals surface area contributed by atoms with E-state index < -0.39 is 0 Å². The van der Waals surface area contributed by atoms with Gasteiger partial charge in [0.2, 0.25) is 0 Å². The Morgan fingerprint density at radius 3 is 2.62 bits per heavy atom. The van der Waals surface area contributed by atoms with Crippen LogP contribution in [-0.4, -0.2) is 31.7 Å². The van der Waals surface area contributed by atoms with Gasteiger partial charge in [0.1, 0.15) is 11.5 Å². The van der Waals surface area contributed by atoms with Crippen molar-refractivity contribution in [2.24, 2.45) is 5.92 Å². The summed E-state index contributed by atoms with van der Waals surface area (Å²) in [5.74, 6) is 1.63. The van der Waals surface area contributed by atoms with Gasteiger partial charge in [0.05, 0.1) is 37.4 Å². The van der Waals surface area contributed by atoms with E-state index in [1.165, 1.54) is 0 Å². The van der Waals surface area contributed by atoms with Crippen LogP contribution in [0.3, 0.4) is 0 Å². The highest BCUT2D eigenvalue weighted by Crippen LogP contribution is 2.31. The first-order valence-electron chi connectivity index (χ1n) is 7.75. The number of rotatable bonds is 7. The van der Waals surface area contributed by atoms with E-state index in [2.05, 4.69) is 15.6 Å². The molecule has 1 aromatic carbocycles. The number of nitrogens with one attached hydrogen (secondary N) is 2. The van der Waals surface area contributed by atoms with Crippen molar-refractivity contribution < 1.29 is 14.3 Å². The van der Waals surface area contributed by atoms with Crippen LogP contribution in [0.15, 0.2) is 36.7 Å². The summed E-state index contributed by atoms with van der Waals surface area (Å²) in [5.41, 5.74) is 1.93. The summed E-state index contributed by atoms with van der Waals surface area (Å²) in [6.07, 6.45) is 3.20. The summed E-state index contributed by atoms with van der Waals surface area (Å²) < 4.78 is 10.6. The van der Waals surface area contributed by atoms with E-state index >= 15 is 0 Å². The third-order valence-electron chi connectivity index (χ3n) is 3.36. The first kappa shape index (κ1) is 17.6. The molecular formula is C18H23N3O3. The zero-order valence-corrected chi connectivity index (χ0v) is 14.4. The zero-order valence-electron chi connectivity index (χ0n) is 14.4. The Labute approximate surface area is 142 Å². The number of hydrogen-bond donors (Lipinski definition) is 2. The van der Waals surface area contributed by atoms with Gasteiger partial charge in [-0.15, -0.1) is 0 Å². The van der Waals surface area contributed by atoms with Crippen LogP contribution in [0.1, 0.15) is 24.2 Å². The molecule has 0 atom stereocenters. The highest BCUT2D eigenvalue weighted by atomic mass is 16.5. The van der Waals surface area contributed by atoms with Crippen LogP contribution < -0.4 is 20.1 Å². The molecule has 1 amide bonds. The number of amides is 1. The van der Waals surface area contributed by atoms with Crippen molar-refractivity contribution in [3.63, 3.8) is 0 Å². The predicted octanol–water partition coefficient (Wildman–Crippen LogP) is 3.23. The molecule has 0 spiro atoms. The van der Waals surface area contributed by atoms with Gasteiger partial charge in [0, 0.05) is 18.8 Å². The minimum absolute atomic E-state index is 0.141. The van der Waals surface area contributed by atoms with Gasteiger partial charge in [-0.2, -0.15) is 0 Å². The molecule has 2 rings (SSSR count). The molecule has 0 bridgehead atoms. The molecule has 0 saturated heterocycles. The van der Waals surface area contributed by atoms with Crippen molar-refractivity contribution >= 4 is 17.3 Å². The van der Waals surface area contributed by atoms with Crippen molar-refractivity contribution in [1.82, 2.24) is 10.3 Å². The van der Waals surface area contributed by atoms with Crippen LogP contribution in [0.4, 0.5) is 11.4 Å². The number of methoxy groups -OCH3 is 2. The molecule has 2 N–H and O–H groups in total. The average Bonchev–Trinajstić information content (AvgIpc) is 2.59. The van der Waals surface area contributed by atoms with Gasteiger partial charge in [0.15, 0.2) is 0 Å². The fourth-order valence-corrected chi connectivity index (χ4v) is 2.10. The molecule has 0 fully saturated rings. The normalized spacial score (nSPS) is 10.4. The van der Waals surface area contributed by atoms with Crippen LogP contribution in [-0.2, 0) is 0 Å². The van der Waals surface area contributed by atoms with E-state index in [1.54, 1.807) is 32.7 Å². The number of ether oxygens (including phenoxy) is 2. The number of aromatic nitrogens is 1. The van der Waals surface area contributed by atoms with E-state index in [-0.39, 0.29) is 5.91 Å². The maximum absolute atomic E-state index is 12.2. The minimum Gasteiger partial charge on any atom is -0.497 e. The monoisotopic (exact) mass is 329 g/mol. The first-order valence-corrected chi connectivity index (χ1v) is 7.75. The van der Waals surface area contributed by atoms with Gasteiger partial charge >= 0.3 is 0 Å². The van der Waals surface area contributed by atoms with Crippen molar-refractivity contribution in [3.05, 3.63) is 42.2 Å². The van der Waals surface area contributed by atoms with Crippen LogP contribution in [0.2, 0.25) is 0 Å². The maximum Gasteiger partial charge on any atom is 0.252 e. The zero-order chi connectivity index (χ0) is 17.5. The molecule has 0 radical (unpaired) electrons. The maximum atomic E-state index is 12.2. The van der Waals surface area contributed by atoms with Gasteiger partial charge in [-0.1, -0.05) is 13.8 Å². The molecule has 128 valence electrons. The van der Waals surface area contributed by atoms with Crippen LogP contribution >= 0.6 is 0 Å². The second-order valence-electron chi connectivity index (χ2n) is 5.76. The number of pyridine rings is 1. The first-order chi connectivity index (χ1) is 11.5. The Balaban J connectivity index is 2.19. The molecule has 6 heteroatoms. The lowest BCUT2D eigenvalue weighted by atomic mass is 10.2. The summed E-state index contributed by atoms with van der Waals surface area (Å²) in [4.78, 5) is 16.3. The van der Waals surface area contributed by atoms with Crippen molar-refractivity contribution in [1.29, 1.82) is 0 Å². The fourth-order valence-electron chi connectivity index (χ4n) is 2.10. The lowest BCUT2D eigenvalue weighted by Crippen LogP contribution is -2.27. The molecule has 0 aliphatic rings. The standard InChI is InChI=1S/C18H23N3O3/c1-12(2)9-20-18(22)13-7-14(11-19-10-13)21-16-8-15(23-3)5-6-17(16)24-4/h5-8,10-12,21H,9H2,1-4H3,(H,20,22). The van der Waals surface area contributed by atoms with E-state index in [4.69, 9.17) is 9.47 Å². The number of carbonyl (C=O) groups excluding carboxylic acids is 1. The topological polar surface area (TPSA) is 72.5 Å². The number of anilines is 2. The van der Waals surface area contributed by atoms with Gasteiger partial charge in [-0.05, 0) is 24.1 Å². The summed E-state index contributed by atoms with van der Waals surface area (Å²) >= 11 is 0. The van der Waals surface area contributed by atoms with Gasteiger partial charge in [-0.3, -0.25) is 9.78 Å². The SMILES string of the molecule is COc1ccc(OC)c(Nc2cncc(C(=O)NCC(C)C)c2)c1. The summed E-state index contributed by atoms with van der Waals surface area (Å²) in [5, 5.41) is 6.09. The largest absolute Gasteiger partial charge is 0.497 e. The summed E-state index contributed by atoms with van der Waals surface area (Å²) in [6, 6.07) is 7.21. The molecular weight excluding hydrogens is 306 g/mol. The molecule has 6 nitrogen and oxygen atoms in total. The van der Waals surface area contributed by atoms with Gasteiger partial charge in [-0.25, -0.2) is 0 Å². The molecule has 0 unspecified atom stereocenters. The van der Waals surface area contributed by atoms with E-state index in [9.17, 15) is 4.79 Å². The summed E-state index contributed by atoms with van der Waals surface area (Å²) in [6.45, 7) is 4.72. The lowest BCUT2D eigenvalue weighted by molar-refractivity contribution is 0.0948.